The molecule has 1 saturated carbocycles. The van der Waals surface area contributed by atoms with Crippen LogP contribution in [0.1, 0.15) is 43.7 Å². The molecule has 3 nitrogen and oxygen atoms in total. The second-order valence-electron chi connectivity index (χ2n) is 6.26. The zero-order chi connectivity index (χ0) is 14.4. The second-order valence-corrected chi connectivity index (χ2v) is 6.26. The Balaban J connectivity index is 2.15. The second kappa shape index (κ2) is 4.34. The average Bonchev–Trinajstić information content (AvgIpc) is 2.47. The first-order chi connectivity index (χ1) is 9.54. The maximum absolute atomic E-state index is 11.9. The van der Waals surface area contributed by atoms with Gasteiger partial charge in [0.2, 0.25) is 0 Å². The van der Waals surface area contributed by atoms with Crippen LogP contribution in [0.5, 0.6) is 5.75 Å². The molecule has 0 amide bonds. The van der Waals surface area contributed by atoms with E-state index < -0.39 is 5.41 Å². The van der Waals surface area contributed by atoms with E-state index in [1.165, 1.54) is 11.1 Å². The first-order valence-corrected chi connectivity index (χ1v) is 7.15. The zero-order valence-electron chi connectivity index (χ0n) is 12.0. The number of carbonyl (C=O) groups is 1. The van der Waals surface area contributed by atoms with Crippen molar-refractivity contribution < 1.29 is 9.53 Å². The summed E-state index contributed by atoms with van der Waals surface area (Å²) in [4.78, 5) is 11.9. The highest BCUT2D eigenvalue weighted by molar-refractivity contribution is 5.81. The minimum Gasteiger partial charge on any atom is -0.497 e. The number of ketones is 1. The van der Waals surface area contributed by atoms with Crippen LogP contribution in [0.25, 0.3) is 0 Å². The van der Waals surface area contributed by atoms with Gasteiger partial charge in [-0.15, -0.1) is 0 Å². The van der Waals surface area contributed by atoms with Gasteiger partial charge in [0.1, 0.15) is 11.5 Å². The third kappa shape index (κ3) is 1.61. The maximum atomic E-state index is 11.9. The Hall–Kier alpha value is -1.82. The number of hydrogen-bond donors (Lipinski definition) is 0. The lowest BCUT2D eigenvalue weighted by atomic mass is 9.49. The van der Waals surface area contributed by atoms with Crippen molar-refractivity contribution in [2.75, 3.05) is 7.11 Å². The third-order valence-electron chi connectivity index (χ3n) is 5.40. The molecule has 0 aliphatic heterocycles. The molecule has 20 heavy (non-hydrogen) atoms. The van der Waals surface area contributed by atoms with Crippen molar-refractivity contribution in [1.82, 2.24) is 0 Å². The van der Waals surface area contributed by atoms with E-state index in [0.29, 0.717) is 12.8 Å². The first-order valence-electron chi connectivity index (χ1n) is 7.15. The quantitative estimate of drug-likeness (QED) is 0.787. The third-order valence-corrected chi connectivity index (χ3v) is 5.40. The highest BCUT2D eigenvalue weighted by atomic mass is 16.5. The molecule has 0 unspecified atom stereocenters. The van der Waals surface area contributed by atoms with Gasteiger partial charge < -0.3 is 4.74 Å². The van der Waals surface area contributed by atoms with Crippen LogP contribution in [0.3, 0.4) is 0 Å². The molecule has 0 heterocycles. The standard InChI is InChI=1S/C17H19NO2/c1-16-7-6-13(19)10-17(16,11-18)8-5-12-9-14(20-2)3-4-15(12)16/h3-4,9H,5-8,10H2,1-2H3/t16-,17+/m0/s1. The fraction of sp³-hybridized carbons (Fsp3) is 0.529. The average molecular weight is 269 g/mol. The predicted molar refractivity (Wildman–Crippen MR) is 75.6 cm³/mol. The molecule has 1 aromatic carbocycles. The number of rotatable bonds is 1. The number of benzene rings is 1. The molecule has 2 atom stereocenters. The lowest BCUT2D eigenvalue weighted by Gasteiger charge is -2.51. The van der Waals surface area contributed by atoms with Crippen LogP contribution in [-0.4, -0.2) is 12.9 Å². The number of nitrogens with zero attached hydrogens (tertiary/aromatic N) is 1. The summed E-state index contributed by atoms with van der Waals surface area (Å²) < 4.78 is 5.30. The highest BCUT2D eigenvalue weighted by Gasteiger charge is 2.55. The molecular weight excluding hydrogens is 250 g/mol. The molecule has 2 aliphatic rings. The smallest absolute Gasteiger partial charge is 0.134 e. The van der Waals surface area contributed by atoms with E-state index in [1.807, 2.05) is 6.07 Å². The topological polar surface area (TPSA) is 50.1 Å². The van der Waals surface area contributed by atoms with E-state index >= 15 is 0 Å². The Morgan fingerprint density at radius 1 is 1.30 bits per heavy atom. The molecule has 104 valence electrons. The van der Waals surface area contributed by atoms with Crippen molar-refractivity contribution in [1.29, 1.82) is 5.26 Å². The minimum absolute atomic E-state index is 0.213. The molecule has 0 radical (unpaired) electrons. The highest BCUT2D eigenvalue weighted by Crippen LogP contribution is 2.57. The molecule has 3 rings (SSSR count). The summed E-state index contributed by atoms with van der Waals surface area (Å²) in [6.45, 7) is 2.16. The van der Waals surface area contributed by atoms with Crippen LogP contribution in [0.2, 0.25) is 0 Å². The molecule has 0 aromatic heterocycles. The number of carbonyl (C=O) groups excluding carboxylic acids is 1. The van der Waals surface area contributed by atoms with Crippen LogP contribution in [-0.2, 0) is 16.6 Å². The van der Waals surface area contributed by atoms with Gasteiger partial charge in [-0.2, -0.15) is 5.26 Å². The number of fused-ring (bicyclic) bond motifs is 3. The number of aryl methyl sites for hydroxylation is 1. The van der Waals surface area contributed by atoms with E-state index in [-0.39, 0.29) is 11.2 Å². The Morgan fingerprint density at radius 3 is 2.80 bits per heavy atom. The summed E-state index contributed by atoms with van der Waals surface area (Å²) in [5, 5.41) is 9.76. The molecule has 1 aromatic rings. The summed E-state index contributed by atoms with van der Waals surface area (Å²) in [6.07, 6.45) is 3.39. The van der Waals surface area contributed by atoms with Crippen molar-refractivity contribution >= 4 is 5.78 Å². The van der Waals surface area contributed by atoms with E-state index in [0.717, 1.165) is 25.0 Å². The van der Waals surface area contributed by atoms with Gasteiger partial charge in [0.25, 0.3) is 0 Å². The molecule has 1 fully saturated rings. The van der Waals surface area contributed by atoms with Gasteiger partial charge in [-0.1, -0.05) is 13.0 Å². The largest absolute Gasteiger partial charge is 0.497 e. The lowest BCUT2D eigenvalue weighted by molar-refractivity contribution is -0.125. The molecule has 0 N–H and O–H groups in total. The van der Waals surface area contributed by atoms with E-state index in [9.17, 15) is 10.1 Å². The SMILES string of the molecule is COc1ccc2c(c1)CC[C@]1(C#N)CC(=O)CC[C@@]21C. The molecule has 2 aliphatic carbocycles. The Morgan fingerprint density at radius 2 is 2.10 bits per heavy atom. The van der Waals surface area contributed by atoms with Crippen molar-refractivity contribution in [3.05, 3.63) is 29.3 Å². The van der Waals surface area contributed by atoms with Gasteiger partial charge in [0.05, 0.1) is 18.6 Å². The fourth-order valence-electron chi connectivity index (χ4n) is 4.01. The minimum atomic E-state index is -0.524. The van der Waals surface area contributed by atoms with Crippen LogP contribution < -0.4 is 4.74 Å². The zero-order valence-corrected chi connectivity index (χ0v) is 12.0. The van der Waals surface area contributed by atoms with Gasteiger partial charge in [0.15, 0.2) is 0 Å². The molecule has 0 bridgehead atoms. The summed E-state index contributed by atoms with van der Waals surface area (Å²) in [6, 6.07) is 8.65. The van der Waals surface area contributed by atoms with E-state index in [4.69, 9.17) is 4.74 Å². The van der Waals surface area contributed by atoms with Crippen molar-refractivity contribution in [2.24, 2.45) is 5.41 Å². The first kappa shape index (κ1) is 13.2. The number of methoxy groups -OCH3 is 1. The van der Waals surface area contributed by atoms with E-state index in [2.05, 4.69) is 25.1 Å². The van der Waals surface area contributed by atoms with Crippen molar-refractivity contribution in [3.8, 4) is 11.8 Å². The molecular formula is C17H19NO2. The number of nitriles is 1. The van der Waals surface area contributed by atoms with Crippen molar-refractivity contribution in [3.63, 3.8) is 0 Å². The predicted octanol–water partition coefficient (Wildman–Crippen LogP) is 3.16. The van der Waals surface area contributed by atoms with Gasteiger partial charge in [-0.3, -0.25) is 4.79 Å². The number of hydrogen-bond acceptors (Lipinski definition) is 3. The van der Waals surface area contributed by atoms with Crippen LogP contribution in [0.4, 0.5) is 0 Å². The van der Waals surface area contributed by atoms with Gasteiger partial charge in [-0.05, 0) is 42.5 Å². The molecule has 3 heteroatoms. The molecule has 0 saturated heterocycles. The Bertz CT molecular complexity index is 616. The number of Topliss-reactive ketones (excluding diaryl/α,β-unsaturated/α-hetero) is 1. The summed E-state index contributed by atoms with van der Waals surface area (Å²) in [7, 11) is 1.67. The summed E-state index contributed by atoms with van der Waals surface area (Å²) >= 11 is 0. The maximum Gasteiger partial charge on any atom is 0.134 e. The van der Waals surface area contributed by atoms with Gasteiger partial charge in [-0.25, -0.2) is 0 Å². The van der Waals surface area contributed by atoms with Crippen LogP contribution in [0.15, 0.2) is 18.2 Å². The van der Waals surface area contributed by atoms with E-state index in [1.54, 1.807) is 7.11 Å². The Labute approximate surface area is 119 Å². The fourth-order valence-corrected chi connectivity index (χ4v) is 4.01. The summed E-state index contributed by atoms with van der Waals surface area (Å²) in [5.41, 5.74) is 1.77. The van der Waals surface area contributed by atoms with Crippen molar-refractivity contribution in [2.45, 2.75) is 44.4 Å². The monoisotopic (exact) mass is 269 g/mol. The van der Waals surface area contributed by atoms with Crippen LogP contribution in [0, 0.1) is 16.7 Å². The van der Waals surface area contributed by atoms with Crippen LogP contribution >= 0.6 is 0 Å². The molecule has 0 spiro atoms. The van der Waals surface area contributed by atoms with Gasteiger partial charge >= 0.3 is 0 Å². The normalized spacial score (nSPS) is 31.9. The number of ether oxygens (including phenoxy) is 1. The summed E-state index contributed by atoms with van der Waals surface area (Å²) in [5.74, 6) is 1.10. The Kier molecular flexibility index (Phi) is 2.86. The van der Waals surface area contributed by atoms with Gasteiger partial charge in [0, 0.05) is 18.3 Å². The lowest BCUT2D eigenvalue weighted by Crippen LogP contribution is -2.50.